The van der Waals surface area contributed by atoms with E-state index in [1.165, 1.54) is 0 Å². The Morgan fingerprint density at radius 3 is 2.69 bits per heavy atom. The zero-order valence-electron chi connectivity index (χ0n) is 9.79. The van der Waals surface area contributed by atoms with Gasteiger partial charge in [-0.25, -0.2) is 0 Å². The van der Waals surface area contributed by atoms with Crippen LogP contribution in [-0.4, -0.2) is 31.0 Å². The second-order valence-electron chi connectivity index (χ2n) is 3.40. The topological polar surface area (TPSA) is 29.5 Å². The van der Waals surface area contributed by atoms with E-state index in [1.807, 2.05) is 19.9 Å². The number of rotatable bonds is 4. The van der Waals surface area contributed by atoms with Crippen LogP contribution in [0.25, 0.3) is 0 Å². The standard InChI is InChI=1S/C12H16BrNO2/c1-4-14(3)12(15)9-6-7-10(13)11(8-9)16-5-2/h6-8H,4-5H2,1-3H3. The number of hydrogen-bond acceptors (Lipinski definition) is 2. The molecule has 1 aromatic carbocycles. The van der Waals surface area contributed by atoms with Crippen molar-refractivity contribution in [1.29, 1.82) is 0 Å². The summed E-state index contributed by atoms with van der Waals surface area (Å²) in [5.41, 5.74) is 0.649. The number of carbonyl (C=O) groups excluding carboxylic acids is 1. The monoisotopic (exact) mass is 285 g/mol. The Hall–Kier alpha value is -1.03. The SMILES string of the molecule is CCOc1cc(C(=O)N(C)CC)ccc1Br. The van der Waals surface area contributed by atoms with Crippen molar-refractivity contribution in [1.82, 2.24) is 4.90 Å². The first-order valence-corrected chi connectivity index (χ1v) is 6.07. The first-order valence-electron chi connectivity index (χ1n) is 5.28. The number of ether oxygens (including phenoxy) is 1. The van der Waals surface area contributed by atoms with Crippen LogP contribution in [0.2, 0.25) is 0 Å². The molecule has 0 aliphatic heterocycles. The van der Waals surface area contributed by atoms with Crippen molar-refractivity contribution < 1.29 is 9.53 Å². The molecule has 1 rings (SSSR count). The molecule has 0 aromatic heterocycles. The number of halogens is 1. The highest BCUT2D eigenvalue weighted by Gasteiger charge is 2.12. The molecule has 0 saturated heterocycles. The maximum Gasteiger partial charge on any atom is 0.253 e. The molecule has 88 valence electrons. The fraction of sp³-hybridized carbons (Fsp3) is 0.417. The Bertz CT molecular complexity index is 379. The van der Waals surface area contributed by atoms with Gasteiger partial charge in [-0.2, -0.15) is 0 Å². The molecule has 0 saturated carbocycles. The van der Waals surface area contributed by atoms with Gasteiger partial charge in [0.1, 0.15) is 5.75 Å². The van der Waals surface area contributed by atoms with Gasteiger partial charge in [-0.1, -0.05) is 0 Å². The van der Waals surface area contributed by atoms with E-state index in [9.17, 15) is 4.79 Å². The highest BCUT2D eigenvalue weighted by Crippen LogP contribution is 2.26. The van der Waals surface area contributed by atoms with E-state index in [-0.39, 0.29) is 5.91 Å². The molecular weight excluding hydrogens is 270 g/mol. The van der Waals surface area contributed by atoms with Crippen LogP contribution in [-0.2, 0) is 0 Å². The van der Waals surface area contributed by atoms with Crippen LogP contribution in [0.1, 0.15) is 24.2 Å². The van der Waals surface area contributed by atoms with Gasteiger partial charge in [-0.3, -0.25) is 4.79 Å². The van der Waals surface area contributed by atoms with E-state index >= 15 is 0 Å². The van der Waals surface area contributed by atoms with Crippen molar-refractivity contribution in [3.63, 3.8) is 0 Å². The van der Waals surface area contributed by atoms with Crippen molar-refractivity contribution in [3.05, 3.63) is 28.2 Å². The zero-order chi connectivity index (χ0) is 12.1. The fourth-order valence-electron chi connectivity index (χ4n) is 1.27. The molecule has 16 heavy (non-hydrogen) atoms. The van der Waals surface area contributed by atoms with E-state index in [4.69, 9.17) is 4.74 Å². The molecular formula is C12H16BrNO2. The van der Waals surface area contributed by atoms with Crippen LogP contribution < -0.4 is 4.74 Å². The van der Waals surface area contributed by atoms with E-state index in [1.54, 1.807) is 24.1 Å². The van der Waals surface area contributed by atoms with Crippen LogP contribution in [0.5, 0.6) is 5.75 Å². The minimum absolute atomic E-state index is 0.0101. The second kappa shape index (κ2) is 5.89. The summed E-state index contributed by atoms with van der Waals surface area (Å²) < 4.78 is 6.29. The summed E-state index contributed by atoms with van der Waals surface area (Å²) in [6.07, 6.45) is 0. The zero-order valence-corrected chi connectivity index (χ0v) is 11.4. The van der Waals surface area contributed by atoms with Gasteiger partial charge in [-0.05, 0) is 48.0 Å². The minimum Gasteiger partial charge on any atom is -0.493 e. The molecule has 3 nitrogen and oxygen atoms in total. The molecule has 0 unspecified atom stereocenters. The van der Waals surface area contributed by atoms with Gasteiger partial charge in [0.25, 0.3) is 5.91 Å². The lowest BCUT2D eigenvalue weighted by Gasteiger charge is -2.15. The molecule has 0 fully saturated rings. The van der Waals surface area contributed by atoms with Crippen LogP contribution >= 0.6 is 15.9 Å². The third kappa shape index (κ3) is 2.98. The normalized spacial score (nSPS) is 10.0. The Kier molecular flexibility index (Phi) is 4.80. The summed E-state index contributed by atoms with van der Waals surface area (Å²) in [6, 6.07) is 5.39. The Balaban J connectivity index is 2.98. The average molecular weight is 286 g/mol. The predicted molar refractivity (Wildman–Crippen MR) is 67.9 cm³/mol. The van der Waals surface area contributed by atoms with Crippen molar-refractivity contribution >= 4 is 21.8 Å². The third-order valence-electron chi connectivity index (χ3n) is 2.30. The Morgan fingerprint density at radius 1 is 1.44 bits per heavy atom. The van der Waals surface area contributed by atoms with Crippen LogP contribution in [0.4, 0.5) is 0 Å². The fourth-order valence-corrected chi connectivity index (χ4v) is 1.63. The van der Waals surface area contributed by atoms with Gasteiger partial charge in [0.15, 0.2) is 0 Å². The molecule has 0 atom stereocenters. The molecule has 0 N–H and O–H groups in total. The van der Waals surface area contributed by atoms with Crippen LogP contribution in [0.15, 0.2) is 22.7 Å². The lowest BCUT2D eigenvalue weighted by Crippen LogP contribution is -2.26. The van der Waals surface area contributed by atoms with Crippen molar-refractivity contribution in [3.8, 4) is 5.75 Å². The number of amides is 1. The summed E-state index contributed by atoms with van der Waals surface area (Å²) >= 11 is 3.38. The molecule has 0 aliphatic carbocycles. The predicted octanol–water partition coefficient (Wildman–Crippen LogP) is 2.94. The minimum atomic E-state index is 0.0101. The number of hydrogen-bond donors (Lipinski definition) is 0. The van der Waals surface area contributed by atoms with Crippen molar-refractivity contribution in [2.24, 2.45) is 0 Å². The van der Waals surface area contributed by atoms with Crippen LogP contribution in [0.3, 0.4) is 0 Å². The average Bonchev–Trinajstić information content (AvgIpc) is 2.30. The van der Waals surface area contributed by atoms with Crippen LogP contribution in [0, 0.1) is 0 Å². The number of carbonyl (C=O) groups is 1. The summed E-state index contributed by atoms with van der Waals surface area (Å²) in [4.78, 5) is 13.6. The highest BCUT2D eigenvalue weighted by molar-refractivity contribution is 9.10. The van der Waals surface area contributed by atoms with E-state index < -0.39 is 0 Å². The molecule has 0 bridgehead atoms. The van der Waals surface area contributed by atoms with Gasteiger partial charge in [0.2, 0.25) is 0 Å². The quantitative estimate of drug-likeness (QED) is 0.851. The van der Waals surface area contributed by atoms with Gasteiger partial charge in [0.05, 0.1) is 11.1 Å². The Labute approximate surface area is 105 Å². The summed E-state index contributed by atoms with van der Waals surface area (Å²) in [7, 11) is 1.78. The molecule has 0 aliphatic rings. The van der Waals surface area contributed by atoms with E-state index in [0.717, 1.165) is 4.47 Å². The lowest BCUT2D eigenvalue weighted by atomic mass is 10.2. The lowest BCUT2D eigenvalue weighted by molar-refractivity contribution is 0.0802. The molecule has 0 spiro atoms. The van der Waals surface area contributed by atoms with Crippen molar-refractivity contribution in [2.75, 3.05) is 20.2 Å². The van der Waals surface area contributed by atoms with Crippen molar-refractivity contribution in [2.45, 2.75) is 13.8 Å². The maximum atomic E-state index is 11.9. The smallest absolute Gasteiger partial charge is 0.253 e. The highest BCUT2D eigenvalue weighted by atomic mass is 79.9. The number of benzene rings is 1. The molecule has 1 amide bonds. The van der Waals surface area contributed by atoms with Gasteiger partial charge in [0, 0.05) is 19.2 Å². The second-order valence-corrected chi connectivity index (χ2v) is 4.25. The first kappa shape index (κ1) is 13.0. The molecule has 1 aromatic rings. The largest absolute Gasteiger partial charge is 0.493 e. The number of nitrogens with zero attached hydrogens (tertiary/aromatic N) is 1. The van der Waals surface area contributed by atoms with Gasteiger partial charge < -0.3 is 9.64 Å². The van der Waals surface area contributed by atoms with E-state index in [0.29, 0.717) is 24.5 Å². The van der Waals surface area contributed by atoms with E-state index in [2.05, 4.69) is 15.9 Å². The summed E-state index contributed by atoms with van der Waals surface area (Å²) in [5.74, 6) is 0.716. The maximum absolute atomic E-state index is 11.9. The third-order valence-corrected chi connectivity index (χ3v) is 2.95. The first-order chi connectivity index (χ1) is 7.60. The van der Waals surface area contributed by atoms with Gasteiger partial charge in [-0.15, -0.1) is 0 Å². The molecule has 0 heterocycles. The van der Waals surface area contributed by atoms with Gasteiger partial charge >= 0.3 is 0 Å². The molecule has 0 radical (unpaired) electrons. The summed E-state index contributed by atoms with van der Waals surface area (Å²) in [5, 5.41) is 0. The molecule has 4 heteroatoms. The Morgan fingerprint density at radius 2 is 2.12 bits per heavy atom. The summed E-state index contributed by atoms with van der Waals surface area (Å²) in [6.45, 7) is 5.14.